The zero-order chi connectivity index (χ0) is 19.6. The molecule has 0 aliphatic carbocycles. The largest absolute Gasteiger partial charge is 0.468 e. The van der Waals surface area contributed by atoms with Gasteiger partial charge in [-0.3, -0.25) is 4.90 Å². The fourth-order valence-corrected chi connectivity index (χ4v) is 2.78. The Morgan fingerprint density at radius 2 is 2.07 bits per heavy atom. The van der Waals surface area contributed by atoms with Crippen LogP contribution < -0.4 is 0 Å². The van der Waals surface area contributed by atoms with E-state index in [1.807, 2.05) is 42.5 Å². The van der Waals surface area contributed by atoms with Gasteiger partial charge in [-0.1, -0.05) is 41.4 Å². The molecule has 0 spiro atoms. The van der Waals surface area contributed by atoms with Crippen molar-refractivity contribution in [1.82, 2.24) is 15.0 Å². The van der Waals surface area contributed by atoms with E-state index in [1.54, 1.807) is 6.26 Å². The predicted octanol–water partition coefficient (Wildman–Crippen LogP) is 2.39. The second kappa shape index (κ2) is 10.4. The van der Waals surface area contributed by atoms with Gasteiger partial charge in [0.2, 0.25) is 11.7 Å². The number of benzene rings is 1. The molecule has 1 unspecified atom stereocenters. The Labute approximate surface area is 163 Å². The normalized spacial score (nSPS) is 12.2. The second-order valence-corrected chi connectivity index (χ2v) is 6.32. The molecule has 0 aliphatic heterocycles. The van der Waals surface area contributed by atoms with Crippen LogP contribution >= 0.6 is 0 Å². The van der Waals surface area contributed by atoms with Gasteiger partial charge < -0.3 is 18.8 Å². The molecule has 28 heavy (non-hydrogen) atoms. The van der Waals surface area contributed by atoms with Crippen molar-refractivity contribution in [2.75, 3.05) is 26.3 Å². The highest BCUT2D eigenvalue weighted by Crippen LogP contribution is 2.15. The van der Waals surface area contributed by atoms with Gasteiger partial charge in [0.15, 0.2) is 0 Å². The van der Waals surface area contributed by atoms with Crippen LogP contribution in [0.15, 0.2) is 57.7 Å². The minimum atomic E-state index is -0.661. The molecule has 0 aliphatic rings. The third-order valence-electron chi connectivity index (χ3n) is 4.07. The summed E-state index contributed by atoms with van der Waals surface area (Å²) < 4.78 is 16.0. The fourth-order valence-electron chi connectivity index (χ4n) is 2.78. The molecule has 2 heterocycles. The molecule has 7 heteroatoms. The number of terminal acetylenes is 1. The van der Waals surface area contributed by atoms with Crippen LogP contribution in [0.5, 0.6) is 0 Å². The molecule has 0 radical (unpaired) electrons. The van der Waals surface area contributed by atoms with Gasteiger partial charge in [-0.2, -0.15) is 4.98 Å². The van der Waals surface area contributed by atoms with Crippen molar-refractivity contribution in [1.29, 1.82) is 0 Å². The Balaban J connectivity index is 1.58. The van der Waals surface area contributed by atoms with Gasteiger partial charge >= 0.3 is 0 Å². The molecule has 1 atom stereocenters. The highest BCUT2D eigenvalue weighted by Gasteiger charge is 2.16. The Kier molecular flexibility index (Phi) is 7.38. The molecular formula is C21H23N3O4. The lowest BCUT2D eigenvalue weighted by atomic mass is 10.2. The Morgan fingerprint density at radius 3 is 2.82 bits per heavy atom. The van der Waals surface area contributed by atoms with Crippen molar-refractivity contribution in [3.63, 3.8) is 0 Å². The van der Waals surface area contributed by atoms with Crippen molar-refractivity contribution in [3.05, 3.63) is 60.4 Å². The molecule has 2 aromatic heterocycles. The maximum Gasteiger partial charge on any atom is 0.228 e. The molecule has 3 aromatic rings. The minimum absolute atomic E-state index is 0.178. The molecule has 1 N–H and O–H groups in total. The van der Waals surface area contributed by atoms with Crippen LogP contribution in [0.25, 0.3) is 11.4 Å². The van der Waals surface area contributed by atoms with Gasteiger partial charge in [0.1, 0.15) is 12.4 Å². The van der Waals surface area contributed by atoms with Crippen LogP contribution in [0.2, 0.25) is 0 Å². The van der Waals surface area contributed by atoms with Crippen molar-refractivity contribution < 1.29 is 18.8 Å². The molecule has 0 bridgehead atoms. The summed E-state index contributed by atoms with van der Waals surface area (Å²) in [6, 6.07) is 13.4. The van der Waals surface area contributed by atoms with Crippen molar-refractivity contribution in [2.24, 2.45) is 0 Å². The molecule has 1 aromatic carbocycles. The van der Waals surface area contributed by atoms with E-state index in [0.717, 1.165) is 11.3 Å². The number of ether oxygens (including phenoxy) is 1. The number of rotatable bonds is 11. The van der Waals surface area contributed by atoms with E-state index in [0.29, 0.717) is 37.8 Å². The summed E-state index contributed by atoms with van der Waals surface area (Å²) in [4.78, 5) is 6.50. The predicted molar refractivity (Wildman–Crippen MR) is 103 cm³/mol. The average molecular weight is 381 g/mol. The van der Waals surface area contributed by atoms with Crippen molar-refractivity contribution in [2.45, 2.75) is 19.1 Å². The number of furan rings is 1. The van der Waals surface area contributed by atoms with Gasteiger partial charge in [0, 0.05) is 25.1 Å². The van der Waals surface area contributed by atoms with E-state index in [2.05, 4.69) is 21.0 Å². The summed E-state index contributed by atoms with van der Waals surface area (Å²) in [5.74, 6) is 4.31. The lowest BCUT2D eigenvalue weighted by Gasteiger charge is -2.23. The van der Waals surface area contributed by atoms with Gasteiger partial charge in [0.25, 0.3) is 0 Å². The van der Waals surface area contributed by atoms with Gasteiger partial charge in [0.05, 0.1) is 25.5 Å². The zero-order valence-corrected chi connectivity index (χ0v) is 15.5. The molecule has 7 nitrogen and oxygen atoms in total. The smallest absolute Gasteiger partial charge is 0.228 e. The highest BCUT2D eigenvalue weighted by atomic mass is 16.5. The number of aliphatic hydroxyl groups excluding tert-OH is 1. The summed E-state index contributed by atoms with van der Waals surface area (Å²) in [5.41, 5.74) is 0.908. The van der Waals surface area contributed by atoms with Crippen LogP contribution in [-0.2, 0) is 17.7 Å². The van der Waals surface area contributed by atoms with Gasteiger partial charge in [-0.25, -0.2) is 0 Å². The quantitative estimate of drug-likeness (QED) is 0.403. The van der Waals surface area contributed by atoms with Gasteiger partial charge in [-0.05, 0) is 12.1 Å². The first-order valence-electron chi connectivity index (χ1n) is 9.06. The third-order valence-corrected chi connectivity index (χ3v) is 4.07. The average Bonchev–Trinajstić information content (AvgIpc) is 3.39. The number of hydrogen-bond donors (Lipinski definition) is 1. The molecule has 0 amide bonds. The number of nitrogens with zero attached hydrogens (tertiary/aromatic N) is 3. The summed E-state index contributed by atoms with van der Waals surface area (Å²) in [5, 5.41) is 14.2. The number of aliphatic hydroxyl groups is 1. The Hall–Kier alpha value is -2.92. The van der Waals surface area contributed by atoms with E-state index >= 15 is 0 Å². The number of hydrogen-bond acceptors (Lipinski definition) is 7. The van der Waals surface area contributed by atoms with Crippen LogP contribution in [0.1, 0.15) is 11.7 Å². The standard InChI is InChI=1S/C21H23N3O4/c1-2-12-26-16-18(25)14-24(15-19-9-6-13-27-19)11-10-20-22-21(23-28-20)17-7-4-3-5-8-17/h1,3-9,13,18,25H,10-12,14-16H2. The Morgan fingerprint density at radius 1 is 1.21 bits per heavy atom. The minimum Gasteiger partial charge on any atom is -0.468 e. The SMILES string of the molecule is C#CCOCC(O)CN(CCc1nc(-c2ccccc2)no1)Cc1ccco1. The first kappa shape index (κ1) is 19.8. The lowest BCUT2D eigenvalue weighted by Crippen LogP contribution is -2.36. The number of aromatic nitrogens is 2. The molecular weight excluding hydrogens is 358 g/mol. The van der Waals surface area contributed by atoms with E-state index in [1.165, 1.54) is 0 Å². The lowest BCUT2D eigenvalue weighted by molar-refractivity contribution is 0.0247. The van der Waals surface area contributed by atoms with Crippen molar-refractivity contribution in [3.8, 4) is 23.7 Å². The maximum absolute atomic E-state index is 10.2. The monoisotopic (exact) mass is 381 g/mol. The van der Waals surface area contributed by atoms with E-state index in [9.17, 15) is 5.11 Å². The van der Waals surface area contributed by atoms with Crippen LogP contribution in [0.3, 0.4) is 0 Å². The van der Waals surface area contributed by atoms with E-state index in [-0.39, 0.29) is 13.2 Å². The van der Waals surface area contributed by atoms with E-state index in [4.69, 9.17) is 20.1 Å². The summed E-state index contributed by atoms with van der Waals surface area (Å²) in [6.45, 7) is 1.93. The Bertz CT molecular complexity index is 855. The zero-order valence-electron chi connectivity index (χ0n) is 15.5. The van der Waals surface area contributed by atoms with Crippen LogP contribution in [-0.4, -0.2) is 52.6 Å². The molecule has 3 rings (SSSR count). The van der Waals surface area contributed by atoms with Crippen molar-refractivity contribution >= 4 is 0 Å². The third kappa shape index (κ3) is 6.06. The maximum atomic E-state index is 10.2. The first-order valence-corrected chi connectivity index (χ1v) is 9.06. The molecule has 146 valence electrons. The molecule has 0 fully saturated rings. The summed E-state index contributed by atoms with van der Waals surface area (Å²) in [6.07, 6.45) is 6.68. The summed E-state index contributed by atoms with van der Waals surface area (Å²) >= 11 is 0. The van der Waals surface area contributed by atoms with E-state index < -0.39 is 6.10 Å². The van der Waals surface area contributed by atoms with Gasteiger partial charge in [-0.15, -0.1) is 6.42 Å². The van der Waals surface area contributed by atoms with Crippen LogP contribution in [0.4, 0.5) is 0 Å². The highest BCUT2D eigenvalue weighted by molar-refractivity contribution is 5.53. The topological polar surface area (TPSA) is 84.8 Å². The fraction of sp³-hybridized carbons (Fsp3) is 0.333. The summed E-state index contributed by atoms with van der Waals surface area (Å²) in [7, 11) is 0. The van der Waals surface area contributed by atoms with Crippen LogP contribution in [0, 0.1) is 12.3 Å². The second-order valence-electron chi connectivity index (χ2n) is 6.32. The first-order chi connectivity index (χ1) is 13.7. The molecule has 0 saturated carbocycles. The molecule has 0 saturated heterocycles.